The van der Waals surface area contributed by atoms with Gasteiger partial charge >= 0.3 is 6.03 Å². The lowest BCUT2D eigenvalue weighted by molar-refractivity contribution is -0.132. The molecule has 2 aromatic rings. The summed E-state index contributed by atoms with van der Waals surface area (Å²) in [6.07, 6.45) is 6.42. The van der Waals surface area contributed by atoms with Crippen LogP contribution in [-0.4, -0.2) is 70.8 Å². The average Bonchev–Trinajstić information content (AvgIpc) is 3.50. The Morgan fingerprint density at radius 1 is 1.20 bits per heavy atom. The standard InChI is InChI=1S/C27H38N4O4/c1-4-23(33)30-13-11-27(12-14-30)17-31(26(34)28-18-7-5-6-8-18)22(16-32)25-24(27)20-10-9-19(35-3)15-21(20)29(25)2/h9-10,15,18,22,32H,4-8,11-14,16-17H2,1-3H3,(H,28,34)/t22-/m0/s1. The molecular weight excluding hydrogens is 444 g/mol. The predicted octanol–water partition coefficient (Wildman–Crippen LogP) is 3.46. The number of rotatable bonds is 4. The van der Waals surface area contributed by atoms with E-state index in [1.54, 1.807) is 7.11 Å². The number of aryl methyl sites for hydroxylation is 1. The number of urea groups is 1. The Morgan fingerprint density at radius 3 is 2.54 bits per heavy atom. The molecule has 3 amide bonds. The lowest BCUT2D eigenvalue weighted by Crippen LogP contribution is -2.58. The third-order valence-electron chi connectivity index (χ3n) is 8.64. The number of carbonyl (C=O) groups excluding carboxylic acids is 2. The monoisotopic (exact) mass is 482 g/mol. The number of likely N-dealkylation sites (tertiary alicyclic amines) is 1. The number of aliphatic hydroxyl groups excluding tert-OH is 1. The first-order valence-corrected chi connectivity index (χ1v) is 13.0. The molecule has 35 heavy (non-hydrogen) atoms. The number of amides is 3. The van der Waals surface area contributed by atoms with Crippen molar-refractivity contribution in [2.75, 3.05) is 33.4 Å². The molecule has 190 valence electrons. The van der Waals surface area contributed by atoms with Crippen LogP contribution in [0.3, 0.4) is 0 Å². The van der Waals surface area contributed by atoms with Crippen molar-refractivity contribution in [3.8, 4) is 5.75 Å². The molecule has 1 saturated carbocycles. The summed E-state index contributed by atoms with van der Waals surface area (Å²) in [5.41, 5.74) is 2.99. The average molecular weight is 483 g/mol. The molecule has 1 spiro atoms. The van der Waals surface area contributed by atoms with Gasteiger partial charge in [0.25, 0.3) is 0 Å². The van der Waals surface area contributed by atoms with E-state index in [-0.39, 0.29) is 30.0 Å². The third-order valence-corrected chi connectivity index (χ3v) is 8.64. The van der Waals surface area contributed by atoms with E-state index in [1.165, 1.54) is 5.56 Å². The largest absolute Gasteiger partial charge is 0.497 e. The summed E-state index contributed by atoms with van der Waals surface area (Å²) in [5, 5.41) is 15.0. The minimum Gasteiger partial charge on any atom is -0.497 e. The first-order chi connectivity index (χ1) is 16.9. The van der Waals surface area contributed by atoms with Crippen molar-refractivity contribution in [2.45, 2.75) is 69.4 Å². The van der Waals surface area contributed by atoms with Crippen LogP contribution in [0.4, 0.5) is 4.79 Å². The summed E-state index contributed by atoms with van der Waals surface area (Å²) >= 11 is 0. The zero-order valence-electron chi connectivity index (χ0n) is 21.2. The maximum Gasteiger partial charge on any atom is 0.318 e. The highest BCUT2D eigenvalue weighted by molar-refractivity contribution is 5.89. The molecule has 8 heteroatoms. The number of benzene rings is 1. The molecular formula is C27H38N4O4. The van der Waals surface area contributed by atoms with Crippen LogP contribution in [0.1, 0.15) is 69.2 Å². The van der Waals surface area contributed by atoms with Gasteiger partial charge < -0.3 is 29.5 Å². The summed E-state index contributed by atoms with van der Waals surface area (Å²) in [5.74, 6) is 0.965. The van der Waals surface area contributed by atoms with Crippen LogP contribution in [0, 0.1) is 0 Å². The molecule has 3 heterocycles. The van der Waals surface area contributed by atoms with Gasteiger partial charge in [0, 0.05) is 61.7 Å². The summed E-state index contributed by atoms with van der Waals surface area (Å²) in [4.78, 5) is 29.9. The normalized spacial score (nSPS) is 22.0. The number of aliphatic hydroxyl groups is 1. The van der Waals surface area contributed by atoms with Crippen LogP contribution in [0.15, 0.2) is 18.2 Å². The molecule has 8 nitrogen and oxygen atoms in total. The van der Waals surface area contributed by atoms with E-state index >= 15 is 0 Å². The van der Waals surface area contributed by atoms with Crippen LogP contribution in [0.2, 0.25) is 0 Å². The fourth-order valence-corrected chi connectivity index (χ4v) is 6.72. The highest BCUT2D eigenvalue weighted by atomic mass is 16.5. The van der Waals surface area contributed by atoms with Crippen molar-refractivity contribution in [1.82, 2.24) is 19.7 Å². The van der Waals surface area contributed by atoms with Crippen LogP contribution in [0.5, 0.6) is 5.75 Å². The topological polar surface area (TPSA) is 87.0 Å². The number of hydrogen-bond donors (Lipinski definition) is 2. The van der Waals surface area contributed by atoms with Crippen LogP contribution in [0.25, 0.3) is 10.9 Å². The molecule has 5 rings (SSSR count). The highest BCUT2D eigenvalue weighted by Gasteiger charge is 2.50. The quantitative estimate of drug-likeness (QED) is 0.699. The SMILES string of the molecule is CCC(=O)N1CCC2(CC1)CN(C(=O)NC1CCCC1)[C@@H](CO)c1c2c2ccc(OC)cc2n1C. The highest BCUT2D eigenvalue weighted by Crippen LogP contribution is 2.50. The van der Waals surface area contributed by atoms with Gasteiger partial charge in [-0.2, -0.15) is 0 Å². The van der Waals surface area contributed by atoms with Crippen molar-refractivity contribution < 1.29 is 19.4 Å². The number of methoxy groups -OCH3 is 1. The van der Waals surface area contributed by atoms with Gasteiger partial charge in [-0.1, -0.05) is 19.8 Å². The van der Waals surface area contributed by atoms with Crippen molar-refractivity contribution in [1.29, 1.82) is 0 Å². The number of piperidine rings is 1. The van der Waals surface area contributed by atoms with Gasteiger partial charge in [0.2, 0.25) is 5.91 Å². The number of nitrogens with zero attached hydrogens (tertiary/aromatic N) is 3. The van der Waals surface area contributed by atoms with Gasteiger partial charge in [0.05, 0.1) is 25.3 Å². The van der Waals surface area contributed by atoms with E-state index in [0.717, 1.165) is 60.9 Å². The molecule has 0 unspecified atom stereocenters. The Labute approximate surface area is 207 Å². The Hall–Kier alpha value is -2.74. The Morgan fingerprint density at radius 2 is 1.91 bits per heavy atom. The molecule has 0 bridgehead atoms. The van der Waals surface area contributed by atoms with Gasteiger partial charge in [-0.15, -0.1) is 0 Å². The second kappa shape index (κ2) is 9.37. The number of ether oxygens (including phenoxy) is 1. The molecule has 1 aliphatic carbocycles. The Balaban J connectivity index is 1.60. The van der Waals surface area contributed by atoms with Crippen molar-refractivity contribution in [3.63, 3.8) is 0 Å². The lowest BCUT2D eigenvalue weighted by Gasteiger charge is -2.50. The molecule has 1 aromatic heterocycles. The fourth-order valence-electron chi connectivity index (χ4n) is 6.72. The minimum atomic E-state index is -0.421. The lowest BCUT2D eigenvalue weighted by atomic mass is 9.68. The van der Waals surface area contributed by atoms with Crippen LogP contribution >= 0.6 is 0 Å². The number of aromatic nitrogens is 1. The number of hydrogen-bond acceptors (Lipinski definition) is 4. The van der Waals surface area contributed by atoms with Gasteiger partial charge in [-0.05, 0) is 43.4 Å². The maximum atomic E-state index is 13.6. The Kier molecular flexibility index (Phi) is 6.42. The molecule has 1 atom stereocenters. The van der Waals surface area contributed by atoms with Crippen molar-refractivity contribution >= 4 is 22.8 Å². The smallest absolute Gasteiger partial charge is 0.318 e. The molecule has 2 fully saturated rings. The van der Waals surface area contributed by atoms with E-state index in [1.807, 2.05) is 35.9 Å². The van der Waals surface area contributed by atoms with E-state index < -0.39 is 6.04 Å². The maximum absolute atomic E-state index is 13.6. The number of carbonyl (C=O) groups is 2. The second-order valence-corrected chi connectivity index (χ2v) is 10.5. The molecule has 1 saturated heterocycles. The third kappa shape index (κ3) is 3.96. The second-order valence-electron chi connectivity index (χ2n) is 10.5. The van der Waals surface area contributed by atoms with E-state index in [2.05, 4.69) is 16.0 Å². The van der Waals surface area contributed by atoms with E-state index in [0.29, 0.717) is 26.1 Å². The molecule has 3 aliphatic rings. The zero-order chi connectivity index (χ0) is 24.7. The minimum absolute atomic E-state index is 0.0872. The van der Waals surface area contributed by atoms with Crippen molar-refractivity contribution in [3.05, 3.63) is 29.5 Å². The van der Waals surface area contributed by atoms with Crippen LogP contribution in [-0.2, 0) is 17.3 Å². The fraction of sp³-hybridized carbons (Fsp3) is 0.630. The predicted molar refractivity (Wildman–Crippen MR) is 135 cm³/mol. The summed E-state index contributed by atoms with van der Waals surface area (Å²) in [7, 11) is 3.68. The van der Waals surface area contributed by atoms with Crippen molar-refractivity contribution in [2.24, 2.45) is 7.05 Å². The Bertz CT molecular complexity index is 1110. The van der Waals surface area contributed by atoms with E-state index in [9.17, 15) is 14.7 Å². The van der Waals surface area contributed by atoms with Gasteiger partial charge in [-0.25, -0.2) is 4.79 Å². The number of fused-ring (bicyclic) bond motifs is 4. The molecule has 0 radical (unpaired) electrons. The van der Waals surface area contributed by atoms with E-state index in [4.69, 9.17) is 4.74 Å². The summed E-state index contributed by atoms with van der Waals surface area (Å²) < 4.78 is 7.64. The molecule has 2 aliphatic heterocycles. The van der Waals surface area contributed by atoms with Gasteiger partial charge in [0.15, 0.2) is 0 Å². The molecule has 2 N–H and O–H groups in total. The molecule has 1 aromatic carbocycles. The first kappa shape index (κ1) is 24.0. The van der Waals surface area contributed by atoms with Gasteiger partial charge in [0.1, 0.15) is 5.75 Å². The zero-order valence-corrected chi connectivity index (χ0v) is 21.2. The summed E-state index contributed by atoms with van der Waals surface area (Å²) in [6, 6.07) is 5.83. The first-order valence-electron chi connectivity index (χ1n) is 13.0. The van der Waals surface area contributed by atoms with Gasteiger partial charge in [-0.3, -0.25) is 4.79 Å². The number of nitrogens with one attached hydrogen (secondary N) is 1. The summed E-state index contributed by atoms with van der Waals surface area (Å²) in [6.45, 7) is 3.68. The van der Waals surface area contributed by atoms with Crippen LogP contribution < -0.4 is 10.1 Å².